The van der Waals surface area contributed by atoms with Gasteiger partial charge < -0.3 is 0 Å². The summed E-state index contributed by atoms with van der Waals surface area (Å²) in [6, 6.07) is 0. The van der Waals surface area contributed by atoms with E-state index >= 15 is 0 Å². The molecule has 0 aliphatic carbocycles. The molecule has 0 N–H and O–H groups in total. The lowest BCUT2D eigenvalue weighted by Gasteiger charge is -2.03. The number of unbranched alkanes of at least 4 members (excludes halogenated alkanes) is 2. The third kappa shape index (κ3) is 8.43. The van der Waals surface area contributed by atoms with Crippen molar-refractivity contribution in [1.82, 2.24) is 0 Å². The zero-order valence-corrected chi connectivity index (χ0v) is 9.51. The summed E-state index contributed by atoms with van der Waals surface area (Å²) in [5.41, 5.74) is 0. The van der Waals surface area contributed by atoms with Gasteiger partial charge in [-0.05, 0) is 12.8 Å². The molecule has 0 saturated carbocycles. The second-order valence-corrected chi connectivity index (χ2v) is 4.02. The van der Waals surface area contributed by atoms with E-state index in [1.54, 1.807) is 0 Å². The maximum absolute atomic E-state index is 10.9. The summed E-state index contributed by atoms with van der Waals surface area (Å²) in [6.45, 7) is 4.30. The molecule has 0 atom stereocenters. The second-order valence-electron chi connectivity index (χ2n) is 2.83. The van der Waals surface area contributed by atoms with Crippen LogP contribution in [0, 0.1) is 0 Å². The van der Waals surface area contributed by atoms with E-state index in [1.807, 2.05) is 13.8 Å². The molecule has 0 radical (unpaired) electrons. The number of hydrogen-bond acceptors (Lipinski definition) is 5. The van der Waals surface area contributed by atoms with E-state index in [-0.39, 0.29) is 13.2 Å². The summed E-state index contributed by atoms with van der Waals surface area (Å²) in [4.78, 5) is 4.46. The quantitative estimate of drug-likeness (QED) is 0.341. The van der Waals surface area contributed by atoms with Crippen molar-refractivity contribution < 1.29 is 21.8 Å². The van der Waals surface area contributed by atoms with Crippen LogP contribution in [0.2, 0.25) is 0 Å². The maximum atomic E-state index is 10.9. The van der Waals surface area contributed by atoms with Gasteiger partial charge in [-0.15, -0.1) is 0 Å². The third-order valence-electron chi connectivity index (χ3n) is 1.44. The van der Waals surface area contributed by atoms with Crippen LogP contribution in [0.1, 0.15) is 39.5 Å². The molecule has 5 nitrogen and oxygen atoms in total. The highest BCUT2D eigenvalue weighted by Gasteiger charge is 2.12. The van der Waals surface area contributed by atoms with Crippen LogP contribution in [0.15, 0.2) is 0 Å². The molecule has 0 bridgehead atoms. The predicted molar refractivity (Wildman–Crippen MR) is 51.7 cm³/mol. The van der Waals surface area contributed by atoms with Gasteiger partial charge in [-0.25, -0.2) is 9.07 Å². The Hall–Kier alpha value is -0.170. The van der Waals surface area contributed by atoms with Gasteiger partial charge in [-0.2, -0.15) is 8.42 Å². The van der Waals surface area contributed by atoms with Gasteiger partial charge in [0, 0.05) is 0 Å². The molecular formula is C8H18O5S. The summed E-state index contributed by atoms with van der Waals surface area (Å²) in [6.07, 6.45) is 3.22. The fourth-order valence-corrected chi connectivity index (χ4v) is 1.17. The van der Waals surface area contributed by atoms with Crippen molar-refractivity contribution in [3.05, 3.63) is 0 Å². The van der Waals surface area contributed by atoms with Crippen LogP contribution in [0.4, 0.5) is 0 Å². The highest BCUT2D eigenvalue weighted by Crippen LogP contribution is 2.00. The minimum atomic E-state index is -3.96. The van der Waals surface area contributed by atoms with E-state index < -0.39 is 10.4 Å². The van der Waals surface area contributed by atoms with Crippen molar-refractivity contribution in [3.63, 3.8) is 0 Å². The van der Waals surface area contributed by atoms with E-state index in [9.17, 15) is 8.42 Å². The molecule has 0 aliphatic rings. The van der Waals surface area contributed by atoms with Crippen LogP contribution in [0.3, 0.4) is 0 Å². The number of hydrogen-bond donors (Lipinski definition) is 0. The van der Waals surface area contributed by atoms with E-state index in [2.05, 4.69) is 13.4 Å². The van der Waals surface area contributed by atoms with Gasteiger partial charge >= 0.3 is 10.4 Å². The molecule has 0 saturated heterocycles. The van der Waals surface area contributed by atoms with E-state index in [4.69, 9.17) is 0 Å². The van der Waals surface area contributed by atoms with Crippen LogP contribution in [-0.2, 0) is 23.8 Å². The van der Waals surface area contributed by atoms with E-state index in [0.717, 1.165) is 19.3 Å². The van der Waals surface area contributed by atoms with Gasteiger partial charge in [0.2, 0.25) is 0 Å². The maximum Gasteiger partial charge on any atom is 0.426 e. The monoisotopic (exact) mass is 226 g/mol. The van der Waals surface area contributed by atoms with Crippen LogP contribution in [0.25, 0.3) is 0 Å². The lowest BCUT2D eigenvalue weighted by Crippen LogP contribution is -2.12. The molecule has 0 rings (SSSR count). The van der Waals surface area contributed by atoms with Crippen LogP contribution in [-0.4, -0.2) is 21.6 Å². The highest BCUT2D eigenvalue weighted by molar-refractivity contribution is 7.81. The molecule has 14 heavy (non-hydrogen) atoms. The summed E-state index contributed by atoms with van der Waals surface area (Å²) in [7, 11) is -3.96. The molecule has 0 amide bonds. The molecule has 6 heteroatoms. The predicted octanol–water partition coefficient (Wildman–Crippen LogP) is 1.80. The lowest BCUT2D eigenvalue weighted by molar-refractivity contribution is -0.210. The average Bonchev–Trinajstić information content (AvgIpc) is 2.13. The molecule has 0 spiro atoms. The van der Waals surface area contributed by atoms with E-state index in [1.165, 1.54) is 0 Å². The minimum absolute atomic E-state index is 0.135. The molecule has 0 aromatic heterocycles. The molecule has 0 aromatic carbocycles. The Morgan fingerprint density at radius 3 is 2.14 bits per heavy atom. The Morgan fingerprint density at radius 1 is 1.00 bits per heavy atom. The Labute approximate surface area is 85.6 Å². The van der Waals surface area contributed by atoms with Gasteiger partial charge in [0.1, 0.15) is 0 Å². The van der Waals surface area contributed by atoms with Crippen LogP contribution in [0.5, 0.6) is 0 Å². The molecule has 0 heterocycles. The van der Waals surface area contributed by atoms with Crippen LogP contribution >= 0.6 is 0 Å². The SMILES string of the molecule is CCCCOOS(=O)(=O)OCCCC. The van der Waals surface area contributed by atoms with E-state index in [0.29, 0.717) is 6.42 Å². The van der Waals surface area contributed by atoms with Crippen molar-refractivity contribution in [2.24, 2.45) is 0 Å². The smallest absolute Gasteiger partial charge is 0.246 e. The molecule has 0 aliphatic heterocycles. The minimum Gasteiger partial charge on any atom is -0.246 e. The Bertz CT molecular complexity index is 212. The third-order valence-corrected chi connectivity index (χ3v) is 2.16. The zero-order chi connectivity index (χ0) is 10.9. The molecule has 86 valence electrons. The van der Waals surface area contributed by atoms with Gasteiger partial charge in [0.15, 0.2) is 0 Å². The fourth-order valence-electron chi connectivity index (χ4n) is 0.621. The molecular weight excluding hydrogens is 208 g/mol. The van der Waals surface area contributed by atoms with Crippen molar-refractivity contribution in [2.45, 2.75) is 39.5 Å². The number of rotatable bonds is 9. The fraction of sp³-hybridized carbons (Fsp3) is 1.00. The highest BCUT2D eigenvalue weighted by atomic mass is 32.3. The van der Waals surface area contributed by atoms with Crippen molar-refractivity contribution >= 4 is 10.4 Å². The van der Waals surface area contributed by atoms with Crippen molar-refractivity contribution in [1.29, 1.82) is 0 Å². The first-order valence-electron chi connectivity index (χ1n) is 4.82. The van der Waals surface area contributed by atoms with Gasteiger partial charge in [0.25, 0.3) is 0 Å². The second kappa shape index (κ2) is 8.16. The molecule has 0 aromatic rings. The Kier molecular flexibility index (Phi) is 8.07. The largest absolute Gasteiger partial charge is 0.426 e. The Balaban J connectivity index is 3.52. The van der Waals surface area contributed by atoms with Crippen molar-refractivity contribution in [3.8, 4) is 0 Å². The standard InChI is InChI=1S/C8H18O5S/c1-3-5-7-11-13-14(9,10)12-8-6-4-2/h3-8H2,1-2H3. The summed E-state index contributed by atoms with van der Waals surface area (Å²) in [5.74, 6) is 0. The normalized spacial score (nSPS) is 11.9. The van der Waals surface area contributed by atoms with Gasteiger partial charge in [0.05, 0.1) is 13.2 Å². The first kappa shape index (κ1) is 13.8. The van der Waals surface area contributed by atoms with Gasteiger partial charge in [-0.1, -0.05) is 31.0 Å². The van der Waals surface area contributed by atoms with Gasteiger partial charge in [-0.3, -0.25) is 0 Å². The zero-order valence-electron chi connectivity index (χ0n) is 8.69. The topological polar surface area (TPSA) is 61.8 Å². The lowest BCUT2D eigenvalue weighted by atomic mass is 10.4. The average molecular weight is 226 g/mol. The first-order valence-corrected chi connectivity index (χ1v) is 6.16. The Morgan fingerprint density at radius 2 is 1.57 bits per heavy atom. The summed E-state index contributed by atoms with van der Waals surface area (Å²) >= 11 is 0. The first-order chi connectivity index (χ1) is 6.62. The summed E-state index contributed by atoms with van der Waals surface area (Å²) in [5, 5.41) is 0. The van der Waals surface area contributed by atoms with Crippen LogP contribution < -0.4 is 0 Å². The molecule has 0 unspecified atom stereocenters. The summed E-state index contributed by atoms with van der Waals surface area (Å²) < 4.78 is 30.4. The molecule has 0 fully saturated rings. The van der Waals surface area contributed by atoms with Crippen molar-refractivity contribution in [2.75, 3.05) is 13.2 Å².